The summed E-state index contributed by atoms with van der Waals surface area (Å²) in [4.78, 5) is 5.54. The van der Waals surface area contributed by atoms with Gasteiger partial charge in [0.25, 0.3) is 0 Å². The summed E-state index contributed by atoms with van der Waals surface area (Å²) in [5.41, 5.74) is 1.21. The quantitative estimate of drug-likeness (QED) is 0.687. The predicted octanol–water partition coefficient (Wildman–Crippen LogP) is 0.802. The maximum Gasteiger partial charge on any atom is 0.140 e. The van der Waals surface area contributed by atoms with Gasteiger partial charge in [0.1, 0.15) is 11.8 Å². The molecule has 0 aliphatic rings. The molecule has 0 aliphatic heterocycles. The second-order valence-electron chi connectivity index (χ2n) is 3.12. The summed E-state index contributed by atoms with van der Waals surface area (Å²) in [6.07, 6.45) is 1.55. The van der Waals surface area contributed by atoms with Crippen LogP contribution in [0.1, 0.15) is 11.3 Å². The summed E-state index contributed by atoms with van der Waals surface area (Å²) in [6.45, 7) is 0.855. The molecule has 0 radical (unpaired) electrons. The standard InChI is InChI=1S/C11H9N5/c12-2-5-16(6-3-13)9-10-1-4-15-11(7-10)8-14/h1,4,7H,5-6,9H2. The maximum absolute atomic E-state index is 8.67. The van der Waals surface area contributed by atoms with Gasteiger partial charge in [-0.25, -0.2) is 4.98 Å². The number of nitrogens with zero attached hydrogens (tertiary/aromatic N) is 5. The summed E-state index contributed by atoms with van der Waals surface area (Å²) in [7, 11) is 0. The molecule has 1 aromatic rings. The van der Waals surface area contributed by atoms with Crippen LogP contribution in [0.15, 0.2) is 18.3 Å². The van der Waals surface area contributed by atoms with Crippen molar-refractivity contribution in [3.8, 4) is 18.2 Å². The largest absolute Gasteiger partial charge is 0.273 e. The van der Waals surface area contributed by atoms with Gasteiger partial charge in [0.15, 0.2) is 0 Å². The minimum absolute atomic E-state index is 0.192. The van der Waals surface area contributed by atoms with Crippen LogP contribution < -0.4 is 0 Å². The van der Waals surface area contributed by atoms with Crippen LogP contribution in [0.3, 0.4) is 0 Å². The lowest BCUT2D eigenvalue weighted by atomic mass is 10.2. The number of rotatable bonds is 4. The minimum atomic E-state index is 0.192. The first-order valence-electron chi connectivity index (χ1n) is 4.61. The number of hydrogen-bond acceptors (Lipinski definition) is 5. The molecule has 5 nitrogen and oxygen atoms in total. The monoisotopic (exact) mass is 211 g/mol. The van der Waals surface area contributed by atoms with Gasteiger partial charge in [-0.2, -0.15) is 15.8 Å². The molecule has 1 rings (SSSR count). The van der Waals surface area contributed by atoms with Crippen LogP contribution in [-0.4, -0.2) is 23.0 Å². The first kappa shape index (κ1) is 11.7. The Morgan fingerprint density at radius 2 is 1.88 bits per heavy atom. The highest BCUT2D eigenvalue weighted by Gasteiger charge is 2.05. The van der Waals surface area contributed by atoms with Gasteiger partial charge in [-0.3, -0.25) is 4.90 Å². The van der Waals surface area contributed by atoms with Gasteiger partial charge >= 0.3 is 0 Å². The van der Waals surface area contributed by atoms with E-state index < -0.39 is 0 Å². The molecule has 0 N–H and O–H groups in total. The van der Waals surface area contributed by atoms with E-state index in [2.05, 4.69) is 4.98 Å². The molecule has 0 atom stereocenters. The van der Waals surface area contributed by atoms with Gasteiger partial charge in [-0.1, -0.05) is 0 Å². The highest BCUT2D eigenvalue weighted by molar-refractivity contribution is 5.25. The molecule has 0 saturated heterocycles. The highest BCUT2D eigenvalue weighted by Crippen LogP contribution is 2.05. The SMILES string of the molecule is N#CCN(CC#N)Cc1ccnc(C#N)c1. The number of hydrogen-bond donors (Lipinski definition) is 0. The molecule has 0 aromatic carbocycles. The summed E-state index contributed by atoms with van der Waals surface area (Å²) >= 11 is 0. The minimum Gasteiger partial charge on any atom is -0.273 e. The van der Waals surface area contributed by atoms with Crippen molar-refractivity contribution >= 4 is 0 Å². The molecule has 5 heteroatoms. The van der Waals surface area contributed by atoms with Crippen molar-refractivity contribution in [2.75, 3.05) is 13.1 Å². The number of aromatic nitrogens is 1. The van der Waals surface area contributed by atoms with Crippen molar-refractivity contribution < 1.29 is 0 Å². The third kappa shape index (κ3) is 3.38. The van der Waals surface area contributed by atoms with Crippen molar-refractivity contribution in [2.24, 2.45) is 0 Å². The molecular weight excluding hydrogens is 202 g/mol. The van der Waals surface area contributed by atoms with Crippen LogP contribution in [0.25, 0.3) is 0 Å². The Morgan fingerprint density at radius 1 is 1.19 bits per heavy atom. The lowest BCUT2D eigenvalue weighted by molar-refractivity contribution is 0.334. The van der Waals surface area contributed by atoms with Crippen LogP contribution in [0, 0.1) is 34.0 Å². The van der Waals surface area contributed by atoms with Gasteiger partial charge < -0.3 is 0 Å². The topological polar surface area (TPSA) is 87.5 Å². The lowest BCUT2D eigenvalue weighted by Gasteiger charge is -2.14. The summed E-state index contributed by atoms with van der Waals surface area (Å²) in [6, 6.07) is 9.36. The van der Waals surface area contributed by atoms with E-state index in [-0.39, 0.29) is 13.1 Å². The molecular formula is C11H9N5. The lowest BCUT2D eigenvalue weighted by Crippen LogP contribution is -2.23. The molecule has 1 aromatic heterocycles. The smallest absolute Gasteiger partial charge is 0.140 e. The Balaban J connectivity index is 2.74. The molecule has 0 amide bonds. The van der Waals surface area contributed by atoms with E-state index in [1.807, 2.05) is 18.2 Å². The molecule has 0 saturated carbocycles. The molecule has 78 valence electrons. The van der Waals surface area contributed by atoms with Gasteiger partial charge in [0.2, 0.25) is 0 Å². The Hall–Kier alpha value is -2.42. The van der Waals surface area contributed by atoms with E-state index in [0.29, 0.717) is 12.2 Å². The zero-order valence-corrected chi connectivity index (χ0v) is 8.59. The van der Waals surface area contributed by atoms with E-state index in [1.54, 1.807) is 23.2 Å². The molecule has 16 heavy (non-hydrogen) atoms. The van der Waals surface area contributed by atoms with Crippen molar-refractivity contribution in [3.63, 3.8) is 0 Å². The second-order valence-corrected chi connectivity index (χ2v) is 3.12. The molecule has 0 spiro atoms. The third-order valence-electron chi connectivity index (χ3n) is 1.93. The average molecular weight is 211 g/mol. The van der Waals surface area contributed by atoms with Crippen molar-refractivity contribution in [3.05, 3.63) is 29.6 Å². The second kappa shape index (κ2) is 6.14. The van der Waals surface area contributed by atoms with Gasteiger partial charge in [0, 0.05) is 12.7 Å². The molecule has 0 bridgehead atoms. The highest BCUT2D eigenvalue weighted by atomic mass is 15.1. The normalized spacial score (nSPS) is 9.12. The predicted molar refractivity (Wildman–Crippen MR) is 55.5 cm³/mol. The molecule has 1 heterocycles. The van der Waals surface area contributed by atoms with Crippen LogP contribution >= 0.6 is 0 Å². The number of pyridine rings is 1. The van der Waals surface area contributed by atoms with E-state index in [0.717, 1.165) is 5.56 Å². The van der Waals surface area contributed by atoms with Crippen LogP contribution in [-0.2, 0) is 6.54 Å². The third-order valence-corrected chi connectivity index (χ3v) is 1.93. The average Bonchev–Trinajstić information content (AvgIpc) is 2.30. The zero-order valence-electron chi connectivity index (χ0n) is 8.59. The fourth-order valence-corrected chi connectivity index (χ4v) is 1.26. The zero-order chi connectivity index (χ0) is 11.8. The van der Waals surface area contributed by atoms with Crippen molar-refractivity contribution in [1.82, 2.24) is 9.88 Å². The summed E-state index contributed by atoms with van der Waals surface area (Å²) in [5.74, 6) is 0. The van der Waals surface area contributed by atoms with E-state index in [1.165, 1.54) is 0 Å². The van der Waals surface area contributed by atoms with Crippen molar-refractivity contribution in [1.29, 1.82) is 15.8 Å². The Bertz CT molecular complexity index is 458. The van der Waals surface area contributed by atoms with Gasteiger partial charge in [0.05, 0.1) is 25.2 Å². The Kier molecular flexibility index (Phi) is 4.47. The van der Waals surface area contributed by atoms with E-state index in [4.69, 9.17) is 15.8 Å². The van der Waals surface area contributed by atoms with Crippen molar-refractivity contribution in [2.45, 2.75) is 6.54 Å². The van der Waals surface area contributed by atoms with E-state index >= 15 is 0 Å². The van der Waals surface area contributed by atoms with Crippen LogP contribution in [0.4, 0.5) is 0 Å². The molecule has 0 fully saturated rings. The Labute approximate surface area is 93.8 Å². The van der Waals surface area contributed by atoms with Gasteiger partial charge in [-0.05, 0) is 17.7 Å². The fraction of sp³-hybridized carbons (Fsp3) is 0.273. The van der Waals surface area contributed by atoms with E-state index in [9.17, 15) is 0 Å². The summed E-state index contributed by atoms with van der Waals surface area (Å²) < 4.78 is 0. The number of nitriles is 3. The van der Waals surface area contributed by atoms with Crippen LogP contribution in [0.2, 0.25) is 0 Å². The fourth-order valence-electron chi connectivity index (χ4n) is 1.26. The van der Waals surface area contributed by atoms with Crippen LogP contribution in [0.5, 0.6) is 0 Å². The first-order chi connectivity index (χ1) is 7.80. The Morgan fingerprint density at radius 3 is 2.44 bits per heavy atom. The molecule has 0 unspecified atom stereocenters. The van der Waals surface area contributed by atoms with Gasteiger partial charge in [-0.15, -0.1) is 0 Å². The maximum atomic E-state index is 8.67. The first-order valence-corrected chi connectivity index (χ1v) is 4.61. The summed E-state index contributed by atoms with van der Waals surface area (Å²) in [5, 5.41) is 25.8. The molecule has 0 aliphatic carbocycles.